The van der Waals surface area contributed by atoms with Gasteiger partial charge in [-0.25, -0.2) is 9.97 Å². The van der Waals surface area contributed by atoms with E-state index in [-0.39, 0.29) is 37.3 Å². The summed E-state index contributed by atoms with van der Waals surface area (Å²) in [5.74, 6) is 47.7. The molecule has 296 valence electrons. The topological polar surface area (TPSA) is 227 Å². The van der Waals surface area contributed by atoms with Gasteiger partial charge in [-0.3, -0.25) is 4.99 Å². The number of aliphatic imine (C=N–C) groups is 1. The molecule has 58 heavy (non-hydrogen) atoms. The average molecular weight is 778 g/mol. The minimum absolute atomic E-state index is 0. The van der Waals surface area contributed by atoms with Crippen LogP contribution in [-0.4, -0.2) is 33.9 Å². The van der Waals surface area contributed by atoms with Crippen LogP contribution < -0.4 is 10.6 Å². The number of hydrogen-bond donors (Lipinski definition) is 3. The summed E-state index contributed by atoms with van der Waals surface area (Å²) in [6, 6.07) is 10.7. The van der Waals surface area contributed by atoms with E-state index in [1.165, 1.54) is 11.1 Å². The summed E-state index contributed by atoms with van der Waals surface area (Å²) in [5, 5.41) is 33.8. The van der Waals surface area contributed by atoms with Crippen LogP contribution >= 0.6 is 0 Å². The van der Waals surface area contributed by atoms with Crippen LogP contribution in [0.1, 0.15) is 73.3 Å². The van der Waals surface area contributed by atoms with Gasteiger partial charge in [-0.2, -0.15) is 10.8 Å². The molecule has 2 aliphatic heterocycles. The second kappa shape index (κ2) is 25.2. The minimum Gasteiger partial charge on any atom is -0.390 e. The van der Waals surface area contributed by atoms with Crippen molar-refractivity contribution in [1.82, 2.24) is 9.97 Å². The van der Waals surface area contributed by atoms with Crippen molar-refractivity contribution < 1.29 is 17.9 Å². The number of benzene rings is 1. The lowest BCUT2D eigenvalue weighted by atomic mass is 9.73. The van der Waals surface area contributed by atoms with E-state index in [4.69, 9.17) is 32.8 Å². The van der Waals surface area contributed by atoms with Crippen molar-refractivity contribution in [2.24, 2.45) is 47.5 Å². The first-order valence-electron chi connectivity index (χ1n) is 16.8. The van der Waals surface area contributed by atoms with Gasteiger partial charge in [0.25, 0.3) is 0 Å². The first kappa shape index (κ1) is 43.6. The highest BCUT2D eigenvalue weighted by atomic mass is 16.3. The van der Waals surface area contributed by atoms with Gasteiger partial charge in [0.05, 0.1) is 37.0 Å². The molecule has 0 radical (unpaired) electrons. The molecule has 15 heteroatoms. The molecule has 1 atom stereocenters. The molecule has 3 heterocycles. The van der Waals surface area contributed by atoms with Gasteiger partial charge in [-0.1, -0.05) is 30.2 Å². The Morgan fingerprint density at radius 2 is 1.47 bits per heavy atom. The number of hydrogen-bond acceptors (Lipinski definition) is 9. The molecular formula is C43H47N13O2. The van der Waals surface area contributed by atoms with Crippen molar-refractivity contribution >= 4 is 11.5 Å². The standard InChI is InChI=1S/C22H24N6O.C21H4.HN7O.9H2/c23-8-5-16-19-17(12-25-16)27-21(18(13-29)26-19)28-9-6-22(7-10-28)11-14-3-1-2-4-15(14)20(22)24;1-3-5-7-9-11-13-15-17-19-21-20-18-16-14-12-10-8-6-4-2;1-2-3-4-5-6-7-8;;;;;;;;;/h1-4,20,29H,5-7,9-13,24H2;1H,2H3;1H;9*1H/b;;2-1?,4-3+,6-5+;;;;;;;;;/t20-;;;;;;;;;;;/m1.........../s1. The van der Waals surface area contributed by atoms with E-state index in [1.807, 2.05) is 5.29 Å². The maximum absolute atomic E-state index is 9.91. The fraction of sp³-hybridized carbons (Fsp3) is 0.256. The van der Waals surface area contributed by atoms with Crippen LogP contribution in [0.3, 0.4) is 0 Å². The van der Waals surface area contributed by atoms with E-state index >= 15 is 0 Å². The quantitative estimate of drug-likeness (QED) is 0.130. The lowest BCUT2D eigenvalue weighted by Crippen LogP contribution is -2.45. The minimum atomic E-state index is -0.179. The van der Waals surface area contributed by atoms with Crippen molar-refractivity contribution in [2.75, 3.05) is 18.0 Å². The summed E-state index contributed by atoms with van der Waals surface area (Å²) in [5.41, 5.74) is 18.1. The summed E-state index contributed by atoms with van der Waals surface area (Å²) >= 11 is 0. The molecule has 2 aromatic rings. The van der Waals surface area contributed by atoms with Crippen molar-refractivity contribution in [3.8, 4) is 125 Å². The molecule has 3 aliphatic rings. The van der Waals surface area contributed by atoms with Crippen LogP contribution in [0.15, 0.2) is 60.7 Å². The largest absolute Gasteiger partial charge is 0.390 e. The number of piperidine rings is 1. The van der Waals surface area contributed by atoms with Gasteiger partial charge in [-0.05, 0) is 153 Å². The first-order chi connectivity index (χ1) is 28.5. The van der Waals surface area contributed by atoms with E-state index in [2.05, 4.69) is 184 Å². The Bertz CT molecular complexity index is 2680. The molecule has 1 aromatic heterocycles. The van der Waals surface area contributed by atoms with E-state index < -0.39 is 0 Å². The third kappa shape index (κ3) is 13.5. The fourth-order valence-electron chi connectivity index (χ4n) is 5.76. The number of nitroso groups, excluding NO2 is 1. The Morgan fingerprint density at radius 1 is 0.897 bits per heavy atom. The maximum atomic E-state index is 9.91. The van der Waals surface area contributed by atoms with Crippen molar-refractivity contribution in [3.05, 3.63) is 57.4 Å². The third-order valence-corrected chi connectivity index (χ3v) is 8.16. The predicted molar refractivity (Wildman–Crippen MR) is 234 cm³/mol. The highest BCUT2D eigenvalue weighted by Crippen LogP contribution is 2.51. The summed E-state index contributed by atoms with van der Waals surface area (Å²) in [6.07, 6.45) is 8.13. The molecule has 1 fully saturated rings. The third-order valence-electron chi connectivity index (χ3n) is 8.16. The number of nitriles is 1. The number of rotatable bonds is 6. The number of anilines is 1. The van der Waals surface area contributed by atoms with Crippen LogP contribution in [0.25, 0.3) is 0 Å². The molecule has 0 unspecified atom stereocenters. The molecule has 15 nitrogen and oxygen atoms in total. The molecule has 4 N–H and O–H groups in total. The maximum Gasteiger partial charge on any atom is 0.153 e. The molecule has 1 aliphatic carbocycles. The molecule has 0 amide bonds. The predicted octanol–water partition coefficient (Wildman–Crippen LogP) is 6.35. The molecule has 1 aromatic carbocycles. The zero-order chi connectivity index (χ0) is 41.7. The Kier molecular flexibility index (Phi) is 19.0. The van der Waals surface area contributed by atoms with Gasteiger partial charge in [0.2, 0.25) is 0 Å². The normalized spacial score (nSPS) is 13.6. The SMILES string of the molecule is C#CC#CC#CC#CC#CC#CC#CC#CC#CC#CC.N#CCC1=NCc2nc(N3CCC4(CC3)Cc3ccccc3[C@H]4N)c(CO)nc21.N=N/N=N/N=N/N=O.[HH].[HH].[HH].[HH].[HH].[HH].[HH].[HH].[HH]. The Labute approximate surface area is 349 Å². The van der Waals surface area contributed by atoms with Crippen molar-refractivity contribution in [1.29, 1.82) is 10.8 Å². The number of terminal acetylenes is 1. The molecule has 1 saturated heterocycles. The van der Waals surface area contributed by atoms with Gasteiger partial charge in [0.15, 0.2) is 5.82 Å². The highest BCUT2D eigenvalue weighted by Gasteiger charge is 2.46. The van der Waals surface area contributed by atoms with Crippen LogP contribution in [0.5, 0.6) is 0 Å². The van der Waals surface area contributed by atoms with E-state index in [0.717, 1.165) is 43.9 Å². The number of aliphatic hydroxyl groups excluding tert-OH is 1. The number of aromatic nitrogens is 2. The number of nitrogens with two attached hydrogens (primary N) is 1. The van der Waals surface area contributed by atoms with Gasteiger partial charge in [-0.15, -0.1) is 11.3 Å². The van der Waals surface area contributed by atoms with Gasteiger partial charge >= 0.3 is 0 Å². The first-order valence-corrected chi connectivity index (χ1v) is 16.8. The lowest BCUT2D eigenvalue weighted by molar-refractivity contribution is 0.186. The lowest BCUT2D eigenvalue weighted by Gasteiger charge is -2.43. The van der Waals surface area contributed by atoms with E-state index in [9.17, 15) is 5.11 Å². The summed E-state index contributed by atoms with van der Waals surface area (Å²) in [7, 11) is 0. The van der Waals surface area contributed by atoms with Crippen molar-refractivity contribution in [3.63, 3.8) is 0 Å². The second-order valence-corrected chi connectivity index (χ2v) is 11.3. The van der Waals surface area contributed by atoms with Crippen LogP contribution in [-0.2, 0) is 19.6 Å². The number of nitrogens with one attached hydrogen (secondary N) is 1. The van der Waals surface area contributed by atoms with Crippen LogP contribution in [0, 0.1) is 146 Å². The number of nitrogens with zero attached hydrogens (tertiary/aromatic N) is 11. The van der Waals surface area contributed by atoms with E-state index in [0.29, 0.717) is 23.6 Å². The van der Waals surface area contributed by atoms with Crippen molar-refractivity contribution in [2.45, 2.75) is 51.8 Å². The second-order valence-electron chi connectivity index (χ2n) is 11.3. The highest BCUT2D eigenvalue weighted by molar-refractivity contribution is 6.03. The molecule has 1 spiro atoms. The zero-order valence-electron chi connectivity index (χ0n) is 31.0. The molecular weight excluding hydrogens is 731 g/mol. The van der Waals surface area contributed by atoms with Crippen LogP contribution in [0.2, 0.25) is 0 Å². The zero-order valence-corrected chi connectivity index (χ0v) is 31.0. The van der Waals surface area contributed by atoms with E-state index in [1.54, 1.807) is 6.92 Å². The Hall–Kier alpha value is -8.82. The monoisotopic (exact) mass is 777 g/mol. The average Bonchev–Trinajstić information content (AvgIpc) is 3.77. The van der Waals surface area contributed by atoms with Gasteiger partial charge in [0.1, 0.15) is 16.7 Å². The summed E-state index contributed by atoms with van der Waals surface area (Å²) in [6.45, 7) is 3.66. The Balaban J connectivity index is -0.000000171. The van der Waals surface area contributed by atoms with Gasteiger partial charge in [0, 0.05) is 54.3 Å². The molecule has 0 saturated carbocycles. The number of aliphatic hydroxyl groups is 1. The van der Waals surface area contributed by atoms with Crippen LogP contribution in [0.4, 0.5) is 5.82 Å². The fourth-order valence-corrected chi connectivity index (χ4v) is 5.76. The summed E-state index contributed by atoms with van der Waals surface area (Å²) < 4.78 is 0. The Morgan fingerprint density at radius 3 is 1.98 bits per heavy atom. The number of fused-ring (bicyclic) bond motifs is 2. The van der Waals surface area contributed by atoms with Gasteiger partial charge < -0.3 is 15.7 Å². The molecule has 0 bridgehead atoms. The molecule has 5 rings (SSSR count). The smallest absolute Gasteiger partial charge is 0.153 e. The summed E-state index contributed by atoms with van der Waals surface area (Å²) in [4.78, 5) is 25.1.